The number of urea groups is 1. The number of thiophene rings is 1. The predicted molar refractivity (Wildman–Crippen MR) is 99.9 cm³/mol. The van der Waals surface area contributed by atoms with Crippen LogP contribution in [-0.2, 0) is 13.0 Å². The minimum atomic E-state index is -0.0149. The van der Waals surface area contributed by atoms with Crippen molar-refractivity contribution in [1.82, 2.24) is 30.3 Å². The maximum absolute atomic E-state index is 12.4. The van der Waals surface area contributed by atoms with Gasteiger partial charge in [-0.25, -0.2) is 9.78 Å². The van der Waals surface area contributed by atoms with Crippen LogP contribution in [0.3, 0.4) is 0 Å². The van der Waals surface area contributed by atoms with E-state index in [-0.39, 0.29) is 6.03 Å². The number of nitrogens with zero attached hydrogens (tertiary/aromatic N) is 5. The maximum atomic E-state index is 12.4. The van der Waals surface area contributed by atoms with Crippen molar-refractivity contribution in [3.63, 3.8) is 0 Å². The molecule has 1 aliphatic rings. The highest BCUT2D eigenvalue weighted by Crippen LogP contribution is 2.21. The molecule has 2 amide bonds. The predicted octanol–water partition coefficient (Wildman–Crippen LogP) is 2.75. The number of carbonyl (C=O) groups is 1. The molecular formula is C18H20N6O2S. The Balaban J connectivity index is 1.32. The van der Waals surface area contributed by atoms with Gasteiger partial charge in [0.25, 0.3) is 0 Å². The molecule has 0 unspecified atom stereocenters. The monoisotopic (exact) mass is 384 g/mol. The molecular weight excluding hydrogens is 364 g/mol. The third kappa shape index (κ3) is 4.48. The molecule has 8 nitrogen and oxygen atoms in total. The minimum Gasteiger partial charge on any atom is -0.339 e. The third-order valence-electron chi connectivity index (χ3n) is 4.52. The van der Waals surface area contributed by atoms with Crippen molar-refractivity contribution < 1.29 is 9.32 Å². The molecule has 0 saturated carbocycles. The van der Waals surface area contributed by atoms with Crippen LogP contribution in [0.2, 0.25) is 0 Å². The number of piperidine rings is 1. The van der Waals surface area contributed by atoms with Crippen molar-refractivity contribution >= 4 is 17.4 Å². The van der Waals surface area contributed by atoms with Crippen molar-refractivity contribution in [2.75, 3.05) is 13.1 Å². The van der Waals surface area contributed by atoms with Gasteiger partial charge in [-0.2, -0.15) is 4.98 Å². The van der Waals surface area contributed by atoms with Crippen molar-refractivity contribution in [1.29, 1.82) is 0 Å². The summed E-state index contributed by atoms with van der Waals surface area (Å²) in [6, 6.07) is 4.00. The molecule has 0 aromatic carbocycles. The van der Waals surface area contributed by atoms with Gasteiger partial charge in [0, 0.05) is 36.8 Å². The molecule has 140 valence electrons. The van der Waals surface area contributed by atoms with Gasteiger partial charge in [-0.1, -0.05) is 11.2 Å². The highest BCUT2D eigenvalue weighted by Gasteiger charge is 2.25. The lowest BCUT2D eigenvalue weighted by Crippen LogP contribution is -2.45. The van der Waals surface area contributed by atoms with Gasteiger partial charge < -0.3 is 14.7 Å². The summed E-state index contributed by atoms with van der Waals surface area (Å²) in [6.45, 7) is 2.05. The maximum Gasteiger partial charge on any atom is 0.317 e. The molecule has 1 fully saturated rings. The zero-order valence-corrected chi connectivity index (χ0v) is 15.6. The summed E-state index contributed by atoms with van der Waals surface area (Å²) in [5, 5.41) is 8.99. The van der Waals surface area contributed by atoms with E-state index < -0.39 is 0 Å². The third-order valence-corrected chi connectivity index (χ3v) is 5.40. The van der Waals surface area contributed by atoms with Gasteiger partial charge in [0.2, 0.25) is 11.7 Å². The van der Waals surface area contributed by atoms with Crippen LogP contribution in [0.25, 0.3) is 11.5 Å². The molecule has 0 spiro atoms. The number of rotatable bonds is 5. The van der Waals surface area contributed by atoms with Gasteiger partial charge in [-0.05, 0) is 30.2 Å². The fourth-order valence-corrected chi connectivity index (χ4v) is 3.85. The topological polar surface area (TPSA) is 97.0 Å². The lowest BCUT2D eigenvalue weighted by atomic mass is 9.95. The van der Waals surface area contributed by atoms with E-state index in [1.165, 1.54) is 0 Å². The molecule has 4 heterocycles. The van der Waals surface area contributed by atoms with Gasteiger partial charge in [-0.15, -0.1) is 11.3 Å². The van der Waals surface area contributed by atoms with Crippen LogP contribution in [0.5, 0.6) is 0 Å². The van der Waals surface area contributed by atoms with Gasteiger partial charge in [-0.3, -0.25) is 4.98 Å². The van der Waals surface area contributed by atoms with Gasteiger partial charge in [0.05, 0.1) is 12.7 Å². The van der Waals surface area contributed by atoms with Crippen LogP contribution >= 0.6 is 11.3 Å². The molecule has 9 heteroatoms. The lowest BCUT2D eigenvalue weighted by molar-refractivity contribution is 0.161. The Morgan fingerprint density at radius 2 is 2.37 bits per heavy atom. The number of aromatic nitrogens is 4. The Hall–Kier alpha value is -2.81. The number of nitrogens with one attached hydrogen (secondary N) is 1. The number of likely N-dealkylation sites (tertiary alicyclic amines) is 1. The number of hydrogen-bond acceptors (Lipinski definition) is 7. The molecule has 3 aromatic heterocycles. The van der Waals surface area contributed by atoms with E-state index in [1.54, 1.807) is 29.9 Å². The highest BCUT2D eigenvalue weighted by atomic mass is 32.1. The first-order chi connectivity index (χ1) is 13.3. The van der Waals surface area contributed by atoms with Crippen molar-refractivity contribution in [3.8, 4) is 11.5 Å². The molecule has 0 bridgehead atoms. The number of amides is 2. The standard InChI is InChI=1S/C18H20N6O2S/c25-18(21-10-14-4-2-8-27-14)24-7-1-3-13(12-24)9-16-22-17(23-26-16)15-11-19-5-6-20-15/h2,4-6,8,11,13H,1,3,7,9-10,12H2,(H,21,25)/t13-/m0/s1. The van der Waals surface area contributed by atoms with Crippen LogP contribution in [-0.4, -0.2) is 44.1 Å². The molecule has 1 atom stereocenters. The second kappa shape index (κ2) is 8.26. The Kier molecular flexibility index (Phi) is 5.38. The molecule has 4 rings (SSSR count). The second-order valence-corrected chi connectivity index (χ2v) is 7.53. The molecule has 1 N–H and O–H groups in total. The highest BCUT2D eigenvalue weighted by molar-refractivity contribution is 7.09. The van der Waals surface area contributed by atoms with E-state index in [0.717, 1.165) is 24.3 Å². The molecule has 0 radical (unpaired) electrons. The number of carbonyl (C=O) groups excluding carboxylic acids is 1. The van der Waals surface area contributed by atoms with Crippen LogP contribution in [0.15, 0.2) is 40.6 Å². The SMILES string of the molecule is O=C(NCc1cccs1)N1CCC[C@@H](Cc2nc(-c3cnccn3)no2)C1. The normalized spacial score (nSPS) is 17.0. The quantitative estimate of drug-likeness (QED) is 0.726. The smallest absolute Gasteiger partial charge is 0.317 e. The average molecular weight is 384 g/mol. The van der Waals surface area contributed by atoms with E-state index in [0.29, 0.717) is 42.8 Å². The van der Waals surface area contributed by atoms with E-state index in [2.05, 4.69) is 25.4 Å². The summed E-state index contributed by atoms with van der Waals surface area (Å²) in [6.07, 6.45) is 7.47. The summed E-state index contributed by atoms with van der Waals surface area (Å²) >= 11 is 1.64. The first-order valence-electron chi connectivity index (χ1n) is 8.92. The fraction of sp³-hybridized carbons (Fsp3) is 0.389. The average Bonchev–Trinajstić information content (AvgIpc) is 3.39. The largest absolute Gasteiger partial charge is 0.339 e. The summed E-state index contributed by atoms with van der Waals surface area (Å²) in [5.41, 5.74) is 0.589. The second-order valence-electron chi connectivity index (χ2n) is 6.50. The van der Waals surface area contributed by atoms with Crippen LogP contribution < -0.4 is 5.32 Å². The molecule has 27 heavy (non-hydrogen) atoms. The Morgan fingerprint density at radius 1 is 1.41 bits per heavy atom. The van der Waals surface area contributed by atoms with Gasteiger partial charge in [0.1, 0.15) is 5.69 Å². The van der Waals surface area contributed by atoms with Gasteiger partial charge in [0.15, 0.2) is 0 Å². The van der Waals surface area contributed by atoms with Crippen LogP contribution in [0.4, 0.5) is 4.79 Å². The Morgan fingerprint density at radius 3 is 3.19 bits per heavy atom. The molecule has 3 aromatic rings. The Labute approximate surface area is 160 Å². The molecule has 1 aliphatic heterocycles. The summed E-state index contributed by atoms with van der Waals surface area (Å²) in [5.74, 6) is 1.32. The first-order valence-corrected chi connectivity index (χ1v) is 9.80. The Bertz CT molecular complexity index is 867. The lowest BCUT2D eigenvalue weighted by Gasteiger charge is -2.32. The summed E-state index contributed by atoms with van der Waals surface area (Å²) in [4.78, 5) is 28.1. The van der Waals surface area contributed by atoms with E-state index in [1.807, 2.05) is 22.4 Å². The van der Waals surface area contributed by atoms with E-state index in [9.17, 15) is 4.79 Å². The zero-order valence-electron chi connectivity index (χ0n) is 14.7. The first kappa shape index (κ1) is 17.6. The minimum absolute atomic E-state index is 0.0149. The zero-order chi connectivity index (χ0) is 18.5. The summed E-state index contributed by atoms with van der Waals surface area (Å²) in [7, 11) is 0. The van der Waals surface area contributed by atoms with Crippen LogP contribution in [0, 0.1) is 5.92 Å². The van der Waals surface area contributed by atoms with Crippen molar-refractivity contribution in [3.05, 3.63) is 46.9 Å². The van der Waals surface area contributed by atoms with E-state index >= 15 is 0 Å². The number of hydrogen-bond donors (Lipinski definition) is 1. The van der Waals surface area contributed by atoms with Gasteiger partial charge >= 0.3 is 6.03 Å². The van der Waals surface area contributed by atoms with Crippen LogP contribution in [0.1, 0.15) is 23.6 Å². The summed E-state index contributed by atoms with van der Waals surface area (Å²) < 4.78 is 5.37. The van der Waals surface area contributed by atoms with Crippen molar-refractivity contribution in [2.24, 2.45) is 5.92 Å². The van der Waals surface area contributed by atoms with E-state index in [4.69, 9.17) is 4.52 Å². The van der Waals surface area contributed by atoms with Crippen molar-refractivity contribution in [2.45, 2.75) is 25.8 Å². The molecule has 1 saturated heterocycles. The molecule has 0 aliphatic carbocycles. The fourth-order valence-electron chi connectivity index (χ4n) is 3.21.